The number of benzene rings is 1. The highest BCUT2D eigenvalue weighted by Crippen LogP contribution is 2.25. The minimum absolute atomic E-state index is 0.000266. The fourth-order valence-electron chi connectivity index (χ4n) is 3.21. The SMILES string of the molecule is O=C(Nc1nncs1)[C@H]1CC(=O)N(CCc2c[nH]c3ccc(Cl)cc23)C1. The van der Waals surface area contributed by atoms with E-state index in [1.54, 1.807) is 10.4 Å². The molecule has 1 aromatic carbocycles. The molecule has 0 radical (unpaired) electrons. The summed E-state index contributed by atoms with van der Waals surface area (Å²) < 4.78 is 0. The zero-order chi connectivity index (χ0) is 18.1. The van der Waals surface area contributed by atoms with E-state index in [0.29, 0.717) is 29.7 Å². The fourth-order valence-corrected chi connectivity index (χ4v) is 3.83. The first-order chi connectivity index (χ1) is 12.6. The third kappa shape index (κ3) is 3.42. The topological polar surface area (TPSA) is 91.0 Å². The molecule has 0 unspecified atom stereocenters. The van der Waals surface area contributed by atoms with Crippen molar-refractivity contribution >= 4 is 50.8 Å². The van der Waals surface area contributed by atoms with E-state index < -0.39 is 0 Å². The molecule has 2 N–H and O–H groups in total. The number of carbonyl (C=O) groups excluding carboxylic acids is 2. The average molecular weight is 390 g/mol. The molecule has 1 aliphatic rings. The Morgan fingerprint density at radius 1 is 1.46 bits per heavy atom. The van der Waals surface area contributed by atoms with Crippen LogP contribution in [0.25, 0.3) is 10.9 Å². The third-order valence-electron chi connectivity index (χ3n) is 4.56. The van der Waals surface area contributed by atoms with Gasteiger partial charge < -0.3 is 15.2 Å². The zero-order valence-corrected chi connectivity index (χ0v) is 15.3. The van der Waals surface area contributed by atoms with Crippen molar-refractivity contribution in [2.45, 2.75) is 12.8 Å². The van der Waals surface area contributed by atoms with Gasteiger partial charge in [-0.05, 0) is 30.2 Å². The fraction of sp³-hybridized carbons (Fsp3) is 0.294. The summed E-state index contributed by atoms with van der Waals surface area (Å²) in [5.74, 6) is -0.541. The summed E-state index contributed by atoms with van der Waals surface area (Å²) >= 11 is 7.33. The van der Waals surface area contributed by atoms with Crippen LogP contribution in [0.15, 0.2) is 29.9 Å². The van der Waals surface area contributed by atoms with E-state index in [-0.39, 0.29) is 24.2 Å². The van der Waals surface area contributed by atoms with E-state index in [1.807, 2.05) is 24.4 Å². The molecule has 3 aromatic rings. The molecule has 0 bridgehead atoms. The number of amides is 2. The van der Waals surface area contributed by atoms with Crippen molar-refractivity contribution in [2.75, 3.05) is 18.4 Å². The van der Waals surface area contributed by atoms with Crippen molar-refractivity contribution in [2.24, 2.45) is 5.92 Å². The molecule has 1 aliphatic heterocycles. The summed E-state index contributed by atoms with van der Waals surface area (Å²) in [7, 11) is 0. The lowest BCUT2D eigenvalue weighted by Gasteiger charge is -2.16. The summed E-state index contributed by atoms with van der Waals surface area (Å²) in [6.07, 6.45) is 2.88. The van der Waals surface area contributed by atoms with Crippen LogP contribution in [0.2, 0.25) is 5.02 Å². The van der Waals surface area contributed by atoms with Crippen LogP contribution < -0.4 is 5.32 Å². The molecule has 7 nitrogen and oxygen atoms in total. The van der Waals surface area contributed by atoms with E-state index in [4.69, 9.17) is 11.6 Å². The number of likely N-dealkylation sites (tertiary alicyclic amines) is 1. The molecule has 9 heteroatoms. The first kappa shape index (κ1) is 17.0. The average Bonchev–Trinajstić information content (AvgIpc) is 3.33. The number of halogens is 1. The lowest BCUT2D eigenvalue weighted by atomic mass is 10.1. The van der Waals surface area contributed by atoms with E-state index in [1.165, 1.54) is 11.3 Å². The molecule has 134 valence electrons. The van der Waals surface area contributed by atoms with E-state index in [0.717, 1.165) is 16.5 Å². The first-order valence-corrected chi connectivity index (χ1v) is 9.46. The largest absolute Gasteiger partial charge is 0.361 e. The van der Waals surface area contributed by atoms with Crippen LogP contribution in [0.5, 0.6) is 0 Å². The first-order valence-electron chi connectivity index (χ1n) is 8.20. The number of aromatic amines is 1. The number of aromatic nitrogens is 3. The number of fused-ring (bicyclic) bond motifs is 1. The number of hydrogen-bond donors (Lipinski definition) is 2. The highest BCUT2D eigenvalue weighted by molar-refractivity contribution is 7.13. The van der Waals surface area contributed by atoms with E-state index in [2.05, 4.69) is 20.5 Å². The highest BCUT2D eigenvalue weighted by Gasteiger charge is 2.34. The van der Waals surface area contributed by atoms with Gasteiger partial charge in [-0.25, -0.2) is 0 Å². The summed E-state index contributed by atoms with van der Waals surface area (Å²) in [6, 6.07) is 5.71. The van der Waals surface area contributed by atoms with Crippen molar-refractivity contribution in [1.29, 1.82) is 0 Å². The van der Waals surface area contributed by atoms with Crippen LogP contribution in [0, 0.1) is 5.92 Å². The summed E-state index contributed by atoms with van der Waals surface area (Å²) in [5, 5.41) is 12.4. The Morgan fingerprint density at radius 2 is 2.35 bits per heavy atom. The second kappa shape index (κ2) is 7.05. The van der Waals surface area contributed by atoms with Crippen LogP contribution in [-0.4, -0.2) is 45.0 Å². The van der Waals surface area contributed by atoms with Gasteiger partial charge in [-0.3, -0.25) is 9.59 Å². The van der Waals surface area contributed by atoms with Crippen molar-refractivity contribution in [1.82, 2.24) is 20.1 Å². The normalized spacial score (nSPS) is 17.2. The number of nitrogens with one attached hydrogen (secondary N) is 2. The van der Waals surface area contributed by atoms with Crippen LogP contribution in [-0.2, 0) is 16.0 Å². The molecular weight excluding hydrogens is 374 g/mol. The van der Waals surface area contributed by atoms with Crippen LogP contribution in [0.4, 0.5) is 5.13 Å². The number of anilines is 1. The van der Waals surface area contributed by atoms with Gasteiger partial charge in [0.15, 0.2) is 0 Å². The van der Waals surface area contributed by atoms with Gasteiger partial charge in [0.05, 0.1) is 5.92 Å². The van der Waals surface area contributed by atoms with Gasteiger partial charge in [-0.1, -0.05) is 22.9 Å². The van der Waals surface area contributed by atoms with Gasteiger partial charge >= 0.3 is 0 Å². The maximum absolute atomic E-state index is 12.3. The number of hydrogen-bond acceptors (Lipinski definition) is 5. The third-order valence-corrected chi connectivity index (χ3v) is 5.40. The number of carbonyl (C=O) groups is 2. The Labute approximate surface area is 158 Å². The molecule has 1 saturated heterocycles. The standard InChI is InChI=1S/C17H16ClN5O2S/c18-12-1-2-14-13(6-12)10(7-19-14)3-4-23-8-11(5-15(23)24)16(25)21-17-22-20-9-26-17/h1-2,6-7,9,11,19H,3-5,8H2,(H,21,22,25)/t11-/m0/s1. The van der Waals surface area contributed by atoms with Crippen LogP contribution in [0.1, 0.15) is 12.0 Å². The Balaban J connectivity index is 1.38. The molecule has 0 spiro atoms. The van der Waals surface area contributed by atoms with E-state index >= 15 is 0 Å². The monoisotopic (exact) mass is 389 g/mol. The Kier molecular flexibility index (Phi) is 4.60. The second-order valence-corrected chi connectivity index (χ2v) is 7.50. The second-order valence-electron chi connectivity index (χ2n) is 6.23. The van der Waals surface area contributed by atoms with Gasteiger partial charge in [-0.2, -0.15) is 0 Å². The lowest BCUT2D eigenvalue weighted by molar-refractivity contribution is -0.128. The molecule has 1 fully saturated rings. The molecule has 26 heavy (non-hydrogen) atoms. The maximum atomic E-state index is 12.3. The predicted octanol–water partition coefficient (Wildman–Crippen LogP) is 2.70. The van der Waals surface area contributed by atoms with Crippen LogP contribution >= 0.6 is 22.9 Å². The van der Waals surface area contributed by atoms with Crippen molar-refractivity contribution < 1.29 is 9.59 Å². The smallest absolute Gasteiger partial charge is 0.231 e. The minimum Gasteiger partial charge on any atom is -0.361 e. The zero-order valence-electron chi connectivity index (χ0n) is 13.7. The molecule has 2 amide bonds. The van der Waals surface area contributed by atoms with Crippen molar-refractivity contribution in [3.63, 3.8) is 0 Å². The van der Waals surface area contributed by atoms with E-state index in [9.17, 15) is 9.59 Å². The lowest BCUT2D eigenvalue weighted by Crippen LogP contribution is -2.30. The molecule has 3 heterocycles. The van der Waals surface area contributed by atoms with Gasteiger partial charge in [0.25, 0.3) is 0 Å². The van der Waals surface area contributed by atoms with Gasteiger partial charge in [0, 0.05) is 41.6 Å². The molecule has 0 aliphatic carbocycles. The molecule has 4 rings (SSSR count). The van der Waals surface area contributed by atoms with Gasteiger partial charge in [0.1, 0.15) is 5.51 Å². The van der Waals surface area contributed by atoms with Gasteiger partial charge in [0.2, 0.25) is 16.9 Å². The Bertz CT molecular complexity index is 955. The number of H-pyrrole nitrogens is 1. The minimum atomic E-state index is -0.358. The highest BCUT2D eigenvalue weighted by atomic mass is 35.5. The Morgan fingerprint density at radius 3 is 3.15 bits per heavy atom. The molecule has 1 atom stereocenters. The summed E-state index contributed by atoms with van der Waals surface area (Å²) in [5.41, 5.74) is 3.68. The summed E-state index contributed by atoms with van der Waals surface area (Å²) in [6.45, 7) is 0.994. The number of nitrogens with zero attached hydrogens (tertiary/aromatic N) is 3. The van der Waals surface area contributed by atoms with Crippen molar-refractivity contribution in [3.05, 3.63) is 40.5 Å². The molecule has 2 aromatic heterocycles. The number of rotatable bonds is 5. The summed E-state index contributed by atoms with van der Waals surface area (Å²) in [4.78, 5) is 29.5. The van der Waals surface area contributed by atoms with Crippen molar-refractivity contribution in [3.8, 4) is 0 Å². The molecule has 0 saturated carbocycles. The predicted molar refractivity (Wildman–Crippen MR) is 100 cm³/mol. The Hall–Kier alpha value is -2.45. The molecular formula is C17H16ClN5O2S. The quantitative estimate of drug-likeness (QED) is 0.701. The maximum Gasteiger partial charge on any atom is 0.231 e. The van der Waals surface area contributed by atoms with Crippen LogP contribution in [0.3, 0.4) is 0 Å². The van der Waals surface area contributed by atoms with Gasteiger partial charge in [-0.15, -0.1) is 10.2 Å².